The summed E-state index contributed by atoms with van der Waals surface area (Å²) in [5.74, 6) is 0.138. The van der Waals surface area contributed by atoms with Crippen molar-refractivity contribution in [1.29, 1.82) is 0 Å². The summed E-state index contributed by atoms with van der Waals surface area (Å²) in [4.78, 5) is 29.2. The molecule has 1 unspecified atom stereocenters. The molecule has 1 N–H and O–H groups in total. The molecule has 0 bridgehead atoms. The smallest absolute Gasteiger partial charge is 0.318 e. The van der Waals surface area contributed by atoms with E-state index in [9.17, 15) is 9.59 Å². The summed E-state index contributed by atoms with van der Waals surface area (Å²) in [6, 6.07) is 14.4. The fourth-order valence-electron chi connectivity index (χ4n) is 2.68. The van der Waals surface area contributed by atoms with E-state index in [1.165, 1.54) is 18.9 Å². The van der Waals surface area contributed by atoms with Crippen molar-refractivity contribution in [1.82, 2.24) is 9.55 Å². The fraction of sp³-hybridized carbons (Fsp3) is 0.227. The third-order valence-electron chi connectivity index (χ3n) is 4.26. The van der Waals surface area contributed by atoms with Crippen molar-refractivity contribution in [3.05, 3.63) is 72.8 Å². The largest absolute Gasteiger partial charge is 0.492 e. The number of ether oxygens (including phenoxy) is 2. The molecule has 0 aliphatic carbocycles. The molecule has 2 aromatic carbocycles. The Morgan fingerprint density at radius 2 is 1.93 bits per heavy atom. The molecule has 0 aliphatic heterocycles. The minimum atomic E-state index is -0.414. The van der Waals surface area contributed by atoms with Crippen molar-refractivity contribution >= 4 is 29.3 Å². The number of thioether (sulfide) groups is 1. The lowest BCUT2D eigenvalue weighted by Crippen LogP contribution is -2.17. The predicted molar refractivity (Wildman–Crippen MR) is 116 cm³/mol. The van der Waals surface area contributed by atoms with Crippen LogP contribution in [0.3, 0.4) is 0 Å². The number of nitrogens with one attached hydrogen (secondary N) is 1. The molecule has 3 aromatic rings. The van der Waals surface area contributed by atoms with Crippen molar-refractivity contribution in [3.8, 4) is 5.75 Å². The number of amides is 1. The first-order valence-corrected chi connectivity index (χ1v) is 10.3. The number of rotatable bonds is 9. The van der Waals surface area contributed by atoms with Gasteiger partial charge in [0.15, 0.2) is 0 Å². The Bertz CT molecular complexity index is 974. The normalized spacial score (nSPS) is 11.5. The van der Waals surface area contributed by atoms with Gasteiger partial charge in [-0.2, -0.15) is 0 Å². The lowest BCUT2D eigenvalue weighted by Gasteiger charge is -2.13. The van der Waals surface area contributed by atoms with E-state index in [4.69, 9.17) is 9.47 Å². The zero-order chi connectivity index (χ0) is 21.3. The molecule has 0 aliphatic rings. The molecular weight excluding hydrogens is 402 g/mol. The highest BCUT2D eigenvalue weighted by Crippen LogP contribution is 2.28. The zero-order valence-electron chi connectivity index (χ0n) is 16.8. The van der Waals surface area contributed by atoms with E-state index in [0.717, 1.165) is 5.75 Å². The molecule has 7 nitrogen and oxygen atoms in total. The molecule has 3 rings (SSSR count). The number of esters is 1. The van der Waals surface area contributed by atoms with Gasteiger partial charge in [0.25, 0.3) is 5.91 Å². The number of anilines is 1. The van der Waals surface area contributed by atoms with Crippen molar-refractivity contribution in [2.75, 3.05) is 19.0 Å². The quantitative estimate of drug-likeness (QED) is 0.414. The number of benzene rings is 2. The van der Waals surface area contributed by atoms with Gasteiger partial charge in [0.1, 0.15) is 17.6 Å². The zero-order valence-corrected chi connectivity index (χ0v) is 17.6. The maximum atomic E-state index is 12.8. The maximum Gasteiger partial charge on any atom is 0.318 e. The lowest BCUT2D eigenvalue weighted by atomic mass is 10.2. The third-order valence-corrected chi connectivity index (χ3v) is 5.41. The Morgan fingerprint density at radius 3 is 2.63 bits per heavy atom. The first-order valence-electron chi connectivity index (χ1n) is 9.40. The minimum Gasteiger partial charge on any atom is -0.492 e. The van der Waals surface area contributed by atoms with Crippen LogP contribution < -0.4 is 10.1 Å². The summed E-state index contributed by atoms with van der Waals surface area (Å²) < 4.78 is 12.4. The third kappa shape index (κ3) is 5.87. The molecule has 0 fully saturated rings. The van der Waals surface area contributed by atoms with Gasteiger partial charge in [0.05, 0.1) is 25.5 Å². The van der Waals surface area contributed by atoms with E-state index in [1.807, 2.05) is 35.0 Å². The average molecular weight is 426 g/mol. The molecule has 0 spiro atoms. The molecule has 1 amide bonds. The second-order valence-corrected chi connectivity index (χ2v) is 7.79. The van der Waals surface area contributed by atoms with Gasteiger partial charge in [-0.15, -0.1) is 11.8 Å². The van der Waals surface area contributed by atoms with E-state index in [2.05, 4.69) is 10.3 Å². The Kier molecular flexibility index (Phi) is 7.51. The molecule has 0 saturated heterocycles. The lowest BCUT2D eigenvalue weighted by molar-refractivity contribution is -0.139. The van der Waals surface area contributed by atoms with Gasteiger partial charge in [-0.1, -0.05) is 12.1 Å². The monoisotopic (exact) mass is 425 g/mol. The van der Waals surface area contributed by atoms with Crippen molar-refractivity contribution in [2.24, 2.45) is 0 Å². The summed E-state index contributed by atoms with van der Waals surface area (Å²) in [5, 5.41) is 2.47. The van der Waals surface area contributed by atoms with Gasteiger partial charge in [0.2, 0.25) is 0 Å². The Hall–Kier alpha value is -3.26. The van der Waals surface area contributed by atoms with Gasteiger partial charge in [-0.25, -0.2) is 4.98 Å². The van der Waals surface area contributed by atoms with Crippen molar-refractivity contribution in [2.45, 2.75) is 23.6 Å². The van der Waals surface area contributed by atoms with Gasteiger partial charge in [-0.3, -0.25) is 9.59 Å². The van der Waals surface area contributed by atoms with Crippen LogP contribution in [0.2, 0.25) is 0 Å². The second-order valence-electron chi connectivity index (χ2n) is 6.41. The topological polar surface area (TPSA) is 82.5 Å². The summed E-state index contributed by atoms with van der Waals surface area (Å²) >= 11 is 1.29. The molecule has 1 aromatic heterocycles. The van der Waals surface area contributed by atoms with Crippen LogP contribution in [0.4, 0.5) is 5.69 Å². The van der Waals surface area contributed by atoms with Gasteiger partial charge < -0.3 is 19.4 Å². The highest BCUT2D eigenvalue weighted by Gasteiger charge is 2.19. The van der Waals surface area contributed by atoms with Crippen LogP contribution >= 0.6 is 11.8 Å². The number of imidazole rings is 1. The van der Waals surface area contributed by atoms with Crippen LogP contribution in [0.25, 0.3) is 0 Å². The first-order chi connectivity index (χ1) is 14.6. The van der Waals surface area contributed by atoms with Crippen LogP contribution in [0.5, 0.6) is 5.75 Å². The number of aromatic nitrogens is 2. The molecule has 0 radical (unpaired) electrons. The summed E-state index contributed by atoms with van der Waals surface area (Å²) in [5.41, 5.74) is 1.15. The van der Waals surface area contributed by atoms with E-state index >= 15 is 0 Å². The predicted octanol–water partition coefficient (Wildman–Crippen LogP) is 3.87. The number of carbonyl (C=O) groups excluding carboxylic acids is 2. The highest BCUT2D eigenvalue weighted by atomic mass is 32.2. The number of hydrogen-bond donors (Lipinski definition) is 1. The van der Waals surface area contributed by atoms with Crippen LogP contribution in [0.15, 0.2) is 72.1 Å². The highest BCUT2D eigenvalue weighted by molar-refractivity contribution is 8.00. The number of carbonyl (C=O) groups is 2. The first kappa shape index (κ1) is 21.4. The Morgan fingerprint density at radius 1 is 1.17 bits per heavy atom. The summed E-state index contributed by atoms with van der Waals surface area (Å²) in [6.45, 7) is 2.97. The molecule has 8 heteroatoms. The summed E-state index contributed by atoms with van der Waals surface area (Å²) in [7, 11) is 1.35. The van der Waals surface area contributed by atoms with Crippen LogP contribution in [0, 0.1) is 0 Å². The van der Waals surface area contributed by atoms with Gasteiger partial charge >= 0.3 is 5.97 Å². The SMILES string of the molecule is COC(=O)C(C)Sc1ccccc1C(=O)Nc1ccc(OCCn2ccnc2)cc1. The van der Waals surface area contributed by atoms with E-state index in [0.29, 0.717) is 29.3 Å². The molecule has 30 heavy (non-hydrogen) atoms. The Labute approximate surface area is 179 Å². The van der Waals surface area contributed by atoms with E-state index in [-0.39, 0.29) is 11.9 Å². The Balaban J connectivity index is 1.58. The average Bonchev–Trinajstić information content (AvgIpc) is 3.28. The number of hydrogen-bond acceptors (Lipinski definition) is 6. The molecular formula is C22H23N3O4S. The van der Waals surface area contributed by atoms with E-state index < -0.39 is 5.25 Å². The van der Waals surface area contributed by atoms with Crippen LogP contribution in [0.1, 0.15) is 17.3 Å². The molecule has 0 saturated carbocycles. The van der Waals surface area contributed by atoms with Crippen LogP contribution in [-0.2, 0) is 16.1 Å². The molecule has 1 heterocycles. The summed E-state index contributed by atoms with van der Waals surface area (Å²) in [6.07, 6.45) is 5.35. The van der Waals surface area contributed by atoms with E-state index in [1.54, 1.807) is 43.7 Å². The molecule has 1 atom stereocenters. The second kappa shape index (κ2) is 10.5. The van der Waals surface area contributed by atoms with Gasteiger partial charge in [0, 0.05) is 23.0 Å². The van der Waals surface area contributed by atoms with Crippen molar-refractivity contribution < 1.29 is 19.1 Å². The number of nitrogens with zero attached hydrogens (tertiary/aromatic N) is 2. The maximum absolute atomic E-state index is 12.8. The van der Waals surface area contributed by atoms with Crippen LogP contribution in [-0.4, -0.2) is 40.4 Å². The minimum absolute atomic E-state index is 0.246. The standard InChI is InChI=1S/C22H23N3O4S/c1-16(22(27)28-2)30-20-6-4-3-5-19(20)21(26)24-17-7-9-18(10-8-17)29-14-13-25-12-11-23-15-25/h3-12,15-16H,13-14H2,1-2H3,(H,24,26). The van der Waals surface area contributed by atoms with Crippen molar-refractivity contribution in [3.63, 3.8) is 0 Å². The fourth-order valence-corrected chi connectivity index (χ4v) is 3.70. The number of methoxy groups -OCH3 is 1. The van der Waals surface area contributed by atoms with Gasteiger partial charge in [-0.05, 0) is 43.3 Å². The molecule has 156 valence electrons.